The Kier molecular flexibility index (Phi) is 6.43. The molecular weight excluding hydrogens is 230 g/mol. The van der Waals surface area contributed by atoms with Crippen molar-refractivity contribution in [3.63, 3.8) is 0 Å². The Labute approximate surface area is 100 Å². The third-order valence-corrected chi connectivity index (χ3v) is 2.26. The number of rotatable bonds is 4. The summed E-state index contributed by atoms with van der Waals surface area (Å²) in [6.45, 7) is 7.09. The number of carbonyl (C=O) groups is 2. The Bertz CT molecular complexity index is 250. The van der Waals surface area contributed by atoms with E-state index in [1.807, 2.05) is 0 Å². The topological polar surface area (TPSA) is 78.6 Å². The normalized spacial score (nSPS) is 13.1. The molecule has 0 rings (SSSR count). The van der Waals surface area contributed by atoms with Crippen molar-refractivity contribution in [2.24, 2.45) is 11.1 Å². The smallest absolute Gasteiger partial charge is 0.370 e. The standard InChI is InChI=1S/C10H19NO4S/c1-7(14-8(12)10(2,3)4)15-9(13)16-6-5-11/h7H,5-6,11H2,1-4H3/t7-/m0/s1. The number of hydrogen-bond donors (Lipinski definition) is 1. The zero-order valence-electron chi connectivity index (χ0n) is 10.1. The van der Waals surface area contributed by atoms with Crippen molar-refractivity contribution in [3.8, 4) is 0 Å². The number of esters is 1. The number of thioether (sulfide) groups is 1. The maximum absolute atomic E-state index is 11.4. The van der Waals surface area contributed by atoms with E-state index in [1.165, 1.54) is 6.92 Å². The fourth-order valence-corrected chi connectivity index (χ4v) is 1.15. The minimum absolute atomic E-state index is 0.399. The van der Waals surface area contributed by atoms with Crippen molar-refractivity contribution >= 4 is 23.0 Å². The zero-order chi connectivity index (χ0) is 12.8. The highest BCUT2D eigenvalue weighted by atomic mass is 32.2. The summed E-state index contributed by atoms with van der Waals surface area (Å²) in [5, 5.41) is -0.486. The van der Waals surface area contributed by atoms with Crippen molar-refractivity contribution in [1.29, 1.82) is 0 Å². The molecule has 0 saturated heterocycles. The third-order valence-electron chi connectivity index (χ3n) is 1.49. The van der Waals surface area contributed by atoms with E-state index in [9.17, 15) is 9.59 Å². The Hall–Kier alpha value is -0.750. The summed E-state index contributed by atoms with van der Waals surface area (Å²) >= 11 is 0.962. The second-order valence-electron chi connectivity index (χ2n) is 4.23. The van der Waals surface area contributed by atoms with Crippen LogP contribution in [0.25, 0.3) is 0 Å². The molecule has 0 aliphatic rings. The van der Waals surface area contributed by atoms with Crippen molar-refractivity contribution in [3.05, 3.63) is 0 Å². The van der Waals surface area contributed by atoms with Crippen LogP contribution in [0.15, 0.2) is 0 Å². The van der Waals surface area contributed by atoms with E-state index in [4.69, 9.17) is 15.2 Å². The highest BCUT2D eigenvalue weighted by Gasteiger charge is 2.26. The van der Waals surface area contributed by atoms with Crippen LogP contribution in [0.2, 0.25) is 0 Å². The Morgan fingerprint density at radius 1 is 1.31 bits per heavy atom. The van der Waals surface area contributed by atoms with Crippen LogP contribution in [0.1, 0.15) is 27.7 Å². The molecule has 0 radical (unpaired) electrons. The maximum Gasteiger partial charge on any atom is 0.370 e. The Morgan fingerprint density at radius 2 is 1.88 bits per heavy atom. The second-order valence-corrected chi connectivity index (χ2v) is 5.26. The van der Waals surface area contributed by atoms with Gasteiger partial charge >= 0.3 is 11.3 Å². The van der Waals surface area contributed by atoms with Gasteiger partial charge < -0.3 is 15.2 Å². The van der Waals surface area contributed by atoms with Crippen molar-refractivity contribution < 1.29 is 19.1 Å². The second kappa shape index (κ2) is 6.75. The largest absolute Gasteiger partial charge is 0.425 e. The van der Waals surface area contributed by atoms with Crippen LogP contribution < -0.4 is 5.73 Å². The highest BCUT2D eigenvalue weighted by molar-refractivity contribution is 8.13. The number of carbonyl (C=O) groups excluding carboxylic acids is 2. The van der Waals surface area contributed by atoms with Gasteiger partial charge in [0.1, 0.15) is 0 Å². The van der Waals surface area contributed by atoms with E-state index in [1.54, 1.807) is 20.8 Å². The highest BCUT2D eigenvalue weighted by Crippen LogP contribution is 2.17. The first kappa shape index (κ1) is 15.2. The van der Waals surface area contributed by atoms with Gasteiger partial charge in [0.25, 0.3) is 0 Å². The predicted octanol–water partition coefficient (Wildman–Crippen LogP) is 1.75. The van der Waals surface area contributed by atoms with Crippen LogP contribution in [-0.2, 0) is 14.3 Å². The lowest BCUT2D eigenvalue weighted by Gasteiger charge is -2.20. The molecule has 0 fully saturated rings. The first-order valence-electron chi connectivity index (χ1n) is 5.02. The van der Waals surface area contributed by atoms with Gasteiger partial charge in [0.15, 0.2) is 0 Å². The summed E-state index contributed by atoms with van der Waals surface area (Å²) in [7, 11) is 0. The molecule has 16 heavy (non-hydrogen) atoms. The fourth-order valence-electron chi connectivity index (χ4n) is 0.663. The molecule has 2 N–H and O–H groups in total. The third kappa shape index (κ3) is 6.68. The molecule has 0 heterocycles. The minimum Gasteiger partial charge on any atom is -0.425 e. The quantitative estimate of drug-likeness (QED) is 0.604. The van der Waals surface area contributed by atoms with E-state index >= 15 is 0 Å². The van der Waals surface area contributed by atoms with Crippen molar-refractivity contribution in [2.75, 3.05) is 12.3 Å². The molecule has 6 heteroatoms. The van der Waals surface area contributed by atoms with Gasteiger partial charge in [0.2, 0.25) is 6.29 Å². The van der Waals surface area contributed by atoms with Crippen LogP contribution in [0.3, 0.4) is 0 Å². The van der Waals surface area contributed by atoms with Gasteiger partial charge in [0.05, 0.1) is 5.41 Å². The van der Waals surface area contributed by atoms with Crippen molar-refractivity contribution in [1.82, 2.24) is 0 Å². The molecule has 94 valence electrons. The summed E-state index contributed by atoms with van der Waals surface area (Å²) < 4.78 is 9.78. The molecule has 0 aromatic carbocycles. The Morgan fingerprint density at radius 3 is 2.31 bits per heavy atom. The molecular formula is C10H19NO4S. The summed E-state index contributed by atoms with van der Waals surface area (Å²) in [6, 6.07) is 0. The average Bonchev–Trinajstić information content (AvgIpc) is 2.12. The zero-order valence-corrected chi connectivity index (χ0v) is 10.9. The van der Waals surface area contributed by atoms with Gasteiger partial charge in [-0.25, -0.2) is 4.79 Å². The van der Waals surface area contributed by atoms with Gasteiger partial charge in [0, 0.05) is 19.2 Å². The van der Waals surface area contributed by atoms with Crippen LogP contribution in [0.5, 0.6) is 0 Å². The van der Waals surface area contributed by atoms with E-state index in [0.717, 1.165) is 11.8 Å². The van der Waals surface area contributed by atoms with E-state index in [-0.39, 0.29) is 0 Å². The summed E-state index contributed by atoms with van der Waals surface area (Å²) in [5.41, 5.74) is 4.63. The molecule has 1 atom stereocenters. The molecule has 0 aliphatic carbocycles. The van der Waals surface area contributed by atoms with Crippen LogP contribution >= 0.6 is 11.8 Å². The molecule has 0 aromatic heterocycles. The molecule has 0 bridgehead atoms. The Balaban J connectivity index is 3.95. The summed E-state index contributed by atoms with van der Waals surface area (Å²) in [4.78, 5) is 22.6. The molecule has 0 saturated carbocycles. The average molecular weight is 249 g/mol. The fraction of sp³-hybridized carbons (Fsp3) is 0.800. The molecule has 0 amide bonds. The number of hydrogen-bond acceptors (Lipinski definition) is 6. The first-order chi connectivity index (χ1) is 7.27. The molecule has 5 nitrogen and oxygen atoms in total. The minimum atomic E-state index is -0.871. The summed E-state index contributed by atoms with van der Waals surface area (Å²) in [5.74, 6) is 0.0790. The lowest BCUT2D eigenvalue weighted by Crippen LogP contribution is -2.29. The van der Waals surface area contributed by atoms with Gasteiger partial charge in [-0.05, 0) is 32.5 Å². The molecule has 0 aromatic rings. The van der Waals surface area contributed by atoms with E-state index < -0.39 is 23.0 Å². The van der Waals surface area contributed by atoms with Gasteiger partial charge in [-0.1, -0.05) is 0 Å². The van der Waals surface area contributed by atoms with Gasteiger partial charge in [-0.15, -0.1) is 0 Å². The number of nitrogens with two attached hydrogens (primary N) is 1. The lowest BCUT2D eigenvalue weighted by atomic mass is 9.97. The monoisotopic (exact) mass is 249 g/mol. The van der Waals surface area contributed by atoms with Crippen molar-refractivity contribution in [2.45, 2.75) is 34.0 Å². The van der Waals surface area contributed by atoms with Crippen LogP contribution in [0.4, 0.5) is 4.79 Å². The van der Waals surface area contributed by atoms with Crippen LogP contribution in [0, 0.1) is 5.41 Å². The SMILES string of the molecule is C[C@H](OC(=O)SCCN)OC(=O)C(C)(C)C. The van der Waals surface area contributed by atoms with E-state index in [0.29, 0.717) is 12.3 Å². The van der Waals surface area contributed by atoms with E-state index in [2.05, 4.69) is 0 Å². The number of ether oxygens (including phenoxy) is 2. The predicted molar refractivity (Wildman–Crippen MR) is 63.0 cm³/mol. The molecule has 0 aliphatic heterocycles. The van der Waals surface area contributed by atoms with Gasteiger partial charge in [-0.2, -0.15) is 0 Å². The summed E-state index contributed by atoms with van der Waals surface area (Å²) in [6.07, 6.45) is -0.871. The maximum atomic E-state index is 11.4. The lowest BCUT2D eigenvalue weighted by molar-refractivity contribution is -0.173. The van der Waals surface area contributed by atoms with Gasteiger partial charge in [-0.3, -0.25) is 4.79 Å². The molecule has 0 unspecified atom stereocenters. The first-order valence-corrected chi connectivity index (χ1v) is 6.00. The van der Waals surface area contributed by atoms with Crippen LogP contribution in [-0.4, -0.2) is 29.9 Å². The molecule has 0 spiro atoms.